The van der Waals surface area contributed by atoms with E-state index in [1.54, 1.807) is 0 Å². The lowest BCUT2D eigenvalue weighted by Crippen LogP contribution is -1.79. The van der Waals surface area contributed by atoms with E-state index < -0.39 is 0 Å². The van der Waals surface area contributed by atoms with E-state index in [9.17, 15) is 0 Å². The smallest absolute Gasteiger partial charge is 0.174 e. The number of nitrogen functional groups attached to an aromatic ring is 1. The van der Waals surface area contributed by atoms with Crippen molar-refractivity contribution in [2.24, 2.45) is 0 Å². The lowest BCUT2D eigenvalue weighted by Gasteiger charge is -1.64. The summed E-state index contributed by atoms with van der Waals surface area (Å²) in [5.74, 6) is 0.301. The Morgan fingerprint density at radius 2 is 2.83 bits per heavy atom. The molecule has 0 bridgehead atoms. The summed E-state index contributed by atoms with van der Waals surface area (Å²) in [5.41, 5.74) is 5.02. The van der Waals surface area contributed by atoms with Crippen molar-refractivity contribution < 1.29 is 4.52 Å². The number of hydrogen-bond donors (Lipinski definition) is 1. The molecule has 0 fully saturated rings. The fraction of sp³-hybridized carbons (Fsp3) is 0. The Kier molecular flexibility index (Phi) is 0.538. The molecule has 0 aliphatic rings. The topological polar surface area (TPSA) is 52.0 Å². The third kappa shape index (κ3) is 0.337. The van der Waals surface area contributed by atoms with Crippen LogP contribution in [0, 0.1) is 6.07 Å². The highest BCUT2D eigenvalue weighted by Gasteiger charge is 1.79. The maximum Gasteiger partial charge on any atom is 0.174 e. The van der Waals surface area contributed by atoms with Crippen LogP contribution >= 0.6 is 0 Å². The van der Waals surface area contributed by atoms with Gasteiger partial charge in [-0.15, -0.1) is 0 Å². The van der Waals surface area contributed by atoms with E-state index in [1.165, 1.54) is 6.26 Å². The highest BCUT2D eigenvalue weighted by Crippen LogP contribution is 1.88. The minimum absolute atomic E-state index is 0.301. The Morgan fingerprint density at radius 1 is 2.00 bits per heavy atom. The van der Waals surface area contributed by atoms with Crippen molar-refractivity contribution in [1.29, 1.82) is 0 Å². The molecule has 0 saturated carbocycles. The molecule has 1 aromatic heterocycles. The Bertz CT molecular complexity index is 112. The molecule has 0 aliphatic carbocycles. The second kappa shape index (κ2) is 1.01. The fourth-order valence-corrected chi connectivity index (χ4v) is 0.196. The van der Waals surface area contributed by atoms with Gasteiger partial charge in [-0.05, 0) is 0 Å². The molecule has 0 saturated heterocycles. The van der Waals surface area contributed by atoms with E-state index >= 15 is 0 Å². The maximum absolute atomic E-state index is 5.02. The molecule has 1 rings (SSSR count). The first-order chi connectivity index (χ1) is 2.89. The summed E-state index contributed by atoms with van der Waals surface area (Å²) in [6, 6.07) is 2.50. The number of hydrogen-bond acceptors (Lipinski definition) is 3. The Balaban J connectivity index is 3.05. The second-order valence-electron chi connectivity index (χ2n) is 0.844. The van der Waals surface area contributed by atoms with Crippen LogP contribution in [0.5, 0.6) is 0 Å². The van der Waals surface area contributed by atoms with E-state index in [1.807, 2.05) is 0 Å². The molecule has 0 aliphatic heterocycles. The van der Waals surface area contributed by atoms with Crippen LogP contribution in [0.4, 0.5) is 5.82 Å². The van der Waals surface area contributed by atoms with Crippen molar-refractivity contribution in [2.75, 3.05) is 5.73 Å². The van der Waals surface area contributed by atoms with Crippen molar-refractivity contribution in [3.05, 3.63) is 12.3 Å². The summed E-state index contributed by atoms with van der Waals surface area (Å²) in [4.78, 5) is 0. The highest BCUT2D eigenvalue weighted by atomic mass is 16.5. The summed E-state index contributed by atoms with van der Waals surface area (Å²) in [6.45, 7) is 0. The number of aromatic nitrogens is 1. The van der Waals surface area contributed by atoms with Gasteiger partial charge in [0.15, 0.2) is 5.82 Å². The summed E-state index contributed by atoms with van der Waals surface area (Å²) in [5, 5.41) is 3.26. The van der Waals surface area contributed by atoms with Gasteiger partial charge in [-0.3, -0.25) is 0 Å². The third-order valence-corrected chi connectivity index (χ3v) is 0.411. The van der Waals surface area contributed by atoms with Crippen molar-refractivity contribution >= 4 is 5.82 Å². The summed E-state index contributed by atoms with van der Waals surface area (Å²) < 4.78 is 4.28. The van der Waals surface area contributed by atoms with Crippen molar-refractivity contribution in [1.82, 2.24) is 5.16 Å². The normalized spacial score (nSPS) is 8.67. The molecule has 1 radical (unpaired) electrons. The molecule has 6 heavy (non-hydrogen) atoms. The Morgan fingerprint density at radius 3 is 3.00 bits per heavy atom. The monoisotopic (exact) mass is 83.0 g/mol. The predicted molar refractivity (Wildman–Crippen MR) is 19.8 cm³/mol. The van der Waals surface area contributed by atoms with Crippen LogP contribution in [0.15, 0.2) is 10.8 Å². The predicted octanol–water partition coefficient (Wildman–Crippen LogP) is 0.0570. The second-order valence-corrected chi connectivity index (χ2v) is 0.844. The molecule has 3 heteroatoms. The van der Waals surface area contributed by atoms with Gasteiger partial charge < -0.3 is 10.3 Å². The molecule has 0 unspecified atom stereocenters. The van der Waals surface area contributed by atoms with Crippen LogP contribution in [0.25, 0.3) is 0 Å². The van der Waals surface area contributed by atoms with Crippen LogP contribution in [-0.4, -0.2) is 5.16 Å². The summed E-state index contributed by atoms with van der Waals surface area (Å²) in [7, 11) is 0. The molecule has 0 aromatic carbocycles. The number of rotatable bonds is 0. The number of anilines is 1. The zero-order valence-electron chi connectivity index (χ0n) is 3.01. The van der Waals surface area contributed by atoms with E-state index in [0.717, 1.165) is 0 Å². The van der Waals surface area contributed by atoms with E-state index in [4.69, 9.17) is 5.73 Å². The molecule has 31 valence electrons. The molecule has 0 atom stereocenters. The molecule has 0 amide bonds. The van der Waals surface area contributed by atoms with Gasteiger partial charge in [0.1, 0.15) is 6.26 Å². The molecule has 0 spiro atoms. The van der Waals surface area contributed by atoms with E-state index in [-0.39, 0.29) is 0 Å². The highest BCUT2D eigenvalue weighted by molar-refractivity contribution is 5.19. The van der Waals surface area contributed by atoms with Crippen molar-refractivity contribution in [3.63, 3.8) is 0 Å². The SMILES string of the molecule is Nc1[c]con1. The average Bonchev–Trinajstić information content (AvgIpc) is 1.86. The minimum Gasteiger partial charge on any atom is -0.380 e. The first-order valence-electron chi connectivity index (χ1n) is 1.47. The summed E-state index contributed by atoms with van der Waals surface area (Å²) in [6.07, 6.45) is 1.30. The molecule has 2 N–H and O–H groups in total. The Hall–Kier alpha value is -0.990. The number of nitrogens with two attached hydrogens (primary N) is 1. The minimum atomic E-state index is 0.301. The van der Waals surface area contributed by atoms with Gasteiger partial charge in [0, 0.05) is 0 Å². The van der Waals surface area contributed by atoms with Gasteiger partial charge in [-0.1, -0.05) is 5.16 Å². The quantitative estimate of drug-likeness (QED) is 0.482. The molecule has 3 nitrogen and oxygen atoms in total. The van der Waals surface area contributed by atoms with Gasteiger partial charge in [0.25, 0.3) is 0 Å². The number of nitrogens with zero attached hydrogens (tertiary/aromatic N) is 1. The van der Waals surface area contributed by atoms with Crippen LogP contribution in [0.3, 0.4) is 0 Å². The Labute approximate surface area is 34.7 Å². The van der Waals surface area contributed by atoms with Gasteiger partial charge in [-0.2, -0.15) is 0 Å². The molecular formula is C3H3N2O. The average molecular weight is 83.1 g/mol. The van der Waals surface area contributed by atoms with E-state index in [0.29, 0.717) is 5.82 Å². The molecule has 1 heterocycles. The first-order valence-corrected chi connectivity index (χ1v) is 1.47. The first kappa shape index (κ1) is 3.21. The van der Waals surface area contributed by atoms with E-state index in [2.05, 4.69) is 15.7 Å². The standard InChI is InChI=1S/C3H3N2O/c4-3-1-2-6-5-3/h2H,(H2,4,5). The van der Waals surface area contributed by atoms with Crippen LogP contribution in [0.2, 0.25) is 0 Å². The lowest BCUT2D eigenvalue weighted by atomic mass is 10.7. The third-order valence-electron chi connectivity index (χ3n) is 0.411. The van der Waals surface area contributed by atoms with Gasteiger partial charge in [0.05, 0.1) is 6.07 Å². The maximum atomic E-state index is 5.02. The summed E-state index contributed by atoms with van der Waals surface area (Å²) >= 11 is 0. The zero-order valence-corrected chi connectivity index (χ0v) is 3.01. The lowest BCUT2D eigenvalue weighted by molar-refractivity contribution is 0.423. The largest absolute Gasteiger partial charge is 0.380 e. The van der Waals surface area contributed by atoms with Crippen LogP contribution in [0.1, 0.15) is 0 Å². The van der Waals surface area contributed by atoms with Gasteiger partial charge in [0.2, 0.25) is 0 Å². The van der Waals surface area contributed by atoms with Crippen molar-refractivity contribution in [3.8, 4) is 0 Å². The van der Waals surface area contributed by atoms with Gasteiger partial charge in [-0.25, -0.2) is 0 Å². The van der Waals surface area contributed by atoms with Gasteiger partial charge >= 0.3 is 0 Å². The zero-order chi connectivity index (χ0) is 4.41. The molecule has 1 aromatic rings. The van der Waals surface area contributed by atoms with Crippen LogP contribution in [-0.2, 0) is 0 Å². The van der Waals surface area contributed by atoms with Crippen molar-refractivity contribution in [2.45, 2.75) is 0 Å². The van der Waals surface area contributed by atoms with Crippen LogP contribution < -0.4 is 5.73 Å². The fourth-order valence-electron chi connectivity index (χ4n) is 0.196. The molecular weight excluding hydrogens is 80.0 g/mol.